The molecule has 6 heteroatoms. The van der Waals surface area contributed by atoms with Crippen LogP contribution >= 0.6 is 0 Å². The second kappa shape index (κ2) is 8.39. The van der Waals surface area contributed by atoms with Crippen molar-refractivity contribution in [2.24, 2.45) is 7.05 Å². The molecule has 0 unspecified atom stereocenters. The first-order chi connectivity index (χ1) is 16.4. The average molecular weight is 468 g/mol. The first-order valence-corrected chi connectivity index (χ1v) is 12.3. The van der Waals surface area contributed by atoms with Crippen LogP contribution in [0, 0.1) is 6.92 Å². The number of amides is 1. The molecular weight excluding hydrogens is 444 g/mol. The van der Waals surface area contributed by atoms with Crippen molar-refractivity contribution in [3.63, 3.8) is 0 Å². The number of carbonyl (C=O) groups excluding carboxylic acids is 1. The number of hydrogen-bond acceptors (Lipinski definition) is 3. The van der Waals surface area contributed by atoms with Gasteiger partial charge in [0.1, 0.15) is 7.05 Å². The fourth-order valence-corrected chi connectivity index (χ4v) is 5.71. The average Bonchev–Trinajstić information content (AvgIpc) is 2.85. The van der Waals surface area contributed by atoms with Gasteiger partial charge >= 0.3 is 0 Å². The molecule has 0 radical (unpaired) electrons. The monoisotopic (exact) mass is 467 g/mol. The Balaban J connectivity index is 1.83. The van der Waals surface area contributed by atoms with E-state index < -0.39 is 15.9 Å². The normalized spacial score (nSPS) is 11.6. The first kappa shape index (κ1) is 21.8. The van der Waals surface area contributed by atoms with Gasteiger partial charge in [0.2, 0.25) is 11.0 Å². The van der Waals surface area contributed by atoms with E-state index in [1.165, 1.54) is 12.1 Å². The van der Waals surface area contributed by atoms with Crippen LogP contribution in [0.4, 0.5) is 5.69 Å². The summed E-state index contributed by atoms with van der Waals surface area (Å²) in [7, 11) is -2.25. The van der Waals surface area contributed by atoms with Crippen molar-refractivity contribution in [1.82, 2.24) is 0 Å². The van der Waals surface area contributed by atoms with Crippen molar-refractivity contribution in [3.8, 4) is 0 Å². The van der Waals surface area contributed by atoms with E-state index in [0.29, 0.717) is 16.3 Å². The van der Waals surface area contributed by atoms with Gasteiger partial charge in [0.25, 0.3) is 15.9 Å². The van der Waals surface area contributed by atoms with E-state index in [1.54, 1.807) is 42.5 Å². The topological polar surface area (TPSA) is 58.3 Å². The summed E-state index contributed by atoms with van der Waals surface area (Å²) in [5.41, 5.74) is 3.25. The minimum Gasteiger partial charge on any atom is -0.268 e. The molecule has 168 valence electrons. The summed E-state index contributed by atoms with van der Waals surface area (Å²) in [5, 5.41) is 1.38. The van der Waals surface area contributed by atoms with Crippen molar-refractivity contribution in [2.75, 3.05) is 4.31 Å². The summed E-state index contributed by atoms with van der Waals surface area (Å²) >= 11 is 0. The number of aromatic nitrogens is 1. The Morgan fingerprint density at radius 2 is 1.21 bits per heavy atom. The SMILES string of the molecule is Cc1ccc(S(=O)(=O)N(C(=O)c2c3ccccc3[n+](C)c3ccccc23)c2ccccc2)cc1. The number of fused-ring (bicyclic) bond motifs is 2. The van der Waals surface area contributed by atoms with Crippen molar-refractivity contribution in [1.29, 1.82) is 0 Å². The molecule has 34 heavy (non-hydrogen) atoms. The molecule has 0 spiro atoms. The number of para-hydroxylation sites is 3. The van der Waals surface area contributed by atoms with Gasteiger partial charge in [-0.15, -0.1) is 0 Å². The van der Waals surface area contributed by atoms with Gasteiger partial charge in [-0.3, -0.25) is 4.79 Å². The third-order valence-electron chi connectivity index (χ3n) is 6.02. The van der Waals surface area contributed by atoms with E-state index in [9.17, 15) is 13.2 Å². The molecule has 0 saturated heterocycles. The largest absolute Gasteiger partial charge is 0.274 e. The lowest BCUT2D eigenvalue weighted by molar-refractivity contribution is -0.617. The Morgan fingerprint density at radius 3 is 1.76 bits per heavy atom. The number of sulfonamides is 1. The van der Waals surface area contributed by atoms with Gasteiger partial charge < -0.3 is 0 Å². The van der Waals surface area contributed by atoms with Crippen LogP contribution in [0.2, 0.25) is 0 Å². The zero-order valence-corrected chi connectivity index (χ0v) is 19.7. The molecule has 0 atom stereocenters. The molecule has 0 bridgehead atoms. The van der Waals surface area contributed by atoms with E-state index in [-0.39, 0.29) is 10.6 Å². The van der Waals surface area contributed by atoms with E-state index in [0.717, 1.165) is 20.9 Å². The molecule has 0 aliphatic rings. The maximum Gasteiger partial charge on any atom is 0.274 e. The molecule has 0 aliphatic carbocycles. The maximum atomic E-state index is 14.3. The van der Waals surface area contributed by atoms with Crippen LogP contribution in [0.3, 0.4) is 0 Å². The van der Waals surface area contributed by atoms with Crippen LogP contribution in [0.5, 0.6) is 0 Å². The smallest absolute Gasteiger partial charge is 0.268 e. The molecule has 1 amide bonds. The number of aryl methyl sites for hydroxylation is 2. The molecule has 4 aromatic carbocycles. The molecule has 1 heterocycles. The second-order valence-electron chi connectivity index (χ2n) is 8.19. The lowest BCUT2D eigenvalue weighted by atomic mass is 10.0. The number of hydrogen-bond donors (Lipinski definition) is 0. The maximum absolute atomic E-state index is 14.3. The Morgan fingerprint density at radius 1 is 0.706 bits per heavy atom. The summed E-state index contributed by atoms with van der Waals surface area (Å²) in [4.78, 5) is 14.4. The molecule has 5 nitrogen and oxygen atoms in total. The number of rotatable bonds is 4. The zero-order valence-electron chi connectivity index (χ0n) is 18.8. The number of nitrogens with zero attached hydrogens (tertiary/aromatic N) is 2. The van der Waals surface area contributed by atoms with Crippen LogP contribution in [0.15, 0.2) is 108 Å². The van der Waals surface area contributed by atoms with Crippen LogP contribution in [0.25, 0.3) is 21.8 Å². The lowest BCUT2D eigenvalue weighted by Crippen LogP contribution is -2.38. The van der Waals surface area contributed by atoms with Gasteiger partial charge in [-0.05, 0) is 43.3 Å². The van der Waals surface area contributed by atoms with E-state index in [4.69, 9.17) is 0 Å². The molecule has 0 N–H and O–H groups in total. The Kier molecular flexibility index (Phi) is 5.38. The van der Waals surface area contributed by atoms with Gasteiger partial charge in [0.05, 0.1) is 26.9 Å². The van der Waals surface area contributed by atoms with Crippen LogP contribution < -0.4 is 8.87 Å². The van der Waals surface area contributed by atoms with Gasteiger partial charge in [-0.25, -0.2) is 8.42 Å². The standard InChI is InChI=1S/C28H23N2O3S/c1-20-16-18-22(19-17-20)34(32,33)30(21-10-4-3-5-11-21)28(31)27-23-12-6-8-14-25(23)29(2)26-15-9-7-13-24(26)27/h3-19H,1-2H3/q+1. The fourth-order valence-electron chi connectivity index (χ4n) is 4.31. The van der Waals surface area contributed by atoms with Gasteiger partial charge in [-0.2, -0.15) is 8.87 Å². The van der Waals surface area contributed by atoms with Crippen LogP contribution in [0.1, 0.15) is 15.9 Å². The number of pyridine rings is 1. The highest BCUT2D eigenvalue weighted by atomic mass is 32.2. The molecule has 0 saturated carbocycles. The predicted octanol–water partition coefficient (Wildman–Crippen LogP) is 5.16. The highest BCUT2D eigenvalue weighted by Crippen LogP contribution is 2.31. The van der Waals surface area contributed by atoms with Gasteiger partial charge in [0, 0.05) is 12.1 Å². The summed E-state index contributed by atoms with van der Waals surface area (Å²) < 4.78 is 30.7. The van der Waals surface area contributed by atoms with Crippen LogP contribution in [-0.2, 0) is 17.1 Å². The van der Waals surface area contributed by atoms with E-state index in [1.807, 2.05) is 67.1 Å². The minimum absolute atomic E-state index is 0.0606. The zero-order chi connectivity index (χ0) is 23.9. The highest BCUT2D eigenvalue weighted by Gasteiger charge is 2.35. The molecule has 0 aliphatic heterocycles. The third-order valence-corrected chi connectivity index (χ3v) is 7.74. The van der Waals surface area contributed by atoms with Crippen molar-refractivity contribution < 1.29 is 17.8 Å². The van der Waals surface area contributed by atoms with Gasteiger partial charge in [0.15, 0.2) is 0 Å². The molecule has 1 aromatic heterocycles. The molecular formula is C28H23N2O3S+. The minimum atomic E-state index is -4.19. The highest BCUT2D eigenvalue weighted by molar-refractivity contribution is 7.93. The van der Waals surface area contributed by atoms with Crippen molar-refractivity contribution >= 4 is 43.4 Å². The third kappa shape index (κ3) is 3.53. The Hall–Kier alpha value is -4.03. The summed E-state index contributed by atoms with van der Waals surface area (Å²) in [6.45, 7) is 1.89. The van der Waals surface area contributed by atoms with E-state index in [2.05, 4.69) is 0 Å². The Bertz CT molecular complexity index is 1590. The quantitative estimate of drug-likeness (QED) is 0.271. The second-order valence-corrected chi connectivity index (χ2v) is 9.98. The predicted molar refractivity (Wildman–Crippen MR) is 134 cm³/mol. The van der Waals surface area contributed by atoms with E-state index >= 15 is 0 Å². The van der Waals surface area contributed by atoms with Crippen molar-refractivity contribution in [2.45, 2.75) is 11.8 Å². The Labute approximate surface area is 198 Å². The summed E-state index contributed by atoms with van der Waals surface area (Å²) in [6, 6.07) is 30.1. The van der Waals surface area contributed by atoms with Crippen molar-refractivity contribution in [3.05, 3.63) is 114 Å². The fraction of sp³-hybridized carbons (Fsp3) is 0.0714. The molecule has 5 aromatic rings. The summed E-state index contributed by atoms with van der Waals surface area (Å²) in [5.74, 6) is -0.597. The lowest BCUT2D eigenvalue weighted by Gasteiger charge is -2.24. The number of benzene rings is 4. The van der Waals surface area contributed by atoms with Crippen LogP contribution in [-0.4, -0.2) is 14.3 Å². The number of anilines is 1. The summed E-state index contributed by atoms with van der Waals surface area (Å²) in [6.07, 6.45) is 0. The molecule has 0 fully saturated rings. The van der Waals surface area contributed by atoms with Gasteiger partial charge in [-0.1, -0.05) is 60.2 Å². The molecule has 5 rings (SSSR count). The first-order valence-electron chi connectivity index (χ1n) is 10.9. The number of carbonyl (C=O) groups is 1.